The topological polar surface area (TPSA) is 45.4 Å². The molecule has 1 fully saturated rings. The first-order chi connectivity index (χ1) is 12.0. The van der Waals surface area contributed by atoms with Crippen molar-refractivity contribution >= 4 is 11.6 Å². The molecule has 0 bridgehead atoms. The van der Waals surface area contributed by atoms with Gasteiger partial charge in [0.1, 0.15) is 5.82 Å². The van der Waals surface area contributed by atoms with Gasteiger partial charge in [-0.2, -0.15) is 4.98 Å². The third-order valence-corrected chi connectivity index (χ3v) is 5.17. The largest absolute Gasteiger partial charge is 0.340 e. The van der Waals surface area contributed by atoms with Crippen molar-refractivity contribution < 1.29 is 8.91 Å². The van der Waals surface area contributed by atoms with Crippen LogP contribution in [0.4, 0.5) is 4.39 Å². The van der Waals surface area contributed by atoms with Gasteiger partial charge in [-0.15, -0.1) is 0 Å². The molecule has 1 aliphatic rings. The molecular weight excluding hydrogens is 343 g/mol. The highest BCUT2D eigenvalue weighted by molar-refractivity contribution is 6.31. The standard InChI is InChI=1S/C18H24ClFN4O/c1-13-21-18(22-25-13)12-23(2)14-5-4-9-24(10-8-14)11-15-16(19)6-3-7-17(15)20/h3,6-7,14H,4-5,8-12H2,1-2H3/t14-/m1/s1. The zero-order valence-corrected chi connectivity index (χ0v) is 15.5. The summed E-state index contributed by atoms with van der Waals surface area (Å²) in [5.74, 6) is 1.09. The van der Waals surface area contributed by atoms with Crippen molar-refractivity contribution in [2.45, 2.75) is 45.3 Å². The van der Waals surface area contributed by atoms with Gasteiger partial charge >= 0.3 is 0 Å². The zero-order valence-electron chi connectivity index (χ0n) is 14.7. The number of aromatic nitrogens is 2. The molecule has 1 atom stereocenters. The van der Waals surface area contributed by atoms with Gasteiger partial charge in [0.25, 0.3) is 0 Å². The predicted molar refractivity (Wildman–Crippen MR) is 94.8 cm³/mol. The minimum atomic E-state index is -0.224. The highest BCUT2D eigenvalue weighted by atomic mass is 35.5. The van der Waals surface area contributed by atoms with Crippen molar-refractivity contribution in [3.8, 4) is 0 Å². The van der Waals surface area contributed by atoms with Crippen LogP contribution in [0.5, 0.6) is 0 Å². The van der Waals surface area contributed by atoms with Crippen LogP contribution in [0.2, 0.25) is 5.02 Å². The van der Waals surface area contributed by atoms with Gasteiger partial charge in [-0.25, -0.2) is 4.39 Å². The van der Waals surface area contributed by atoms with Crippen LogP contribution in [0.15, 0.2) is 22.7 Å². The number of hydrogen-bond acceptors (Lipinski definition) is 5. The lowest BCUT2D eigenvalue weighted by Crippen LogP contribution is -2.33. The van der Waals surface area contributed by atoms with Gasteiger partial charge in [0.15, 0.2) is 5.82 Å². The molecule has 0 unspecified atom stereocenters. The van der Waals surface area contributed by atoms with Gasteiger partial charge in [0, 0.05) is 30.1 Å². The second kappa shape index (κ2) is 8.25. The van der Waals surface area contributed by atoms with Crippen LogP contribution in [0.25, 0.3) is 0 Å². The summed E-state index contributed by atoms with van der Waals surface area (Å²) in [5, 5.41) is 4.47. The van der Waals surface area contributed by atoms with E-state index in [0.29, 0.717) is 35.6 Å². The van der Waals surface area contributed by atoms with Crippen LogP contribution >= 0.6 is 11.6 Å². The lowest BCUT2D eigenvalue weighted by molar-refractivity contribution is 0.200. The third kappa shape index (κ3) is 4.77. The molecule has 0 radical (unpaired) electrons. The molecule has 0 saturated carbocycles. The minimum Gasteiger partial charge on any atom is -0.340 e. The summed E-state index contributed by atoms with van der Waals surface area (Å²) in [6.45, 7) is 4.92. The van der Waals surface area contributed by atoms with Gasteiger partial charge in [-0.05, 0) is 51.5 Å². The molecule has 1 aromatic heterocycles. The SMILES string of the molecule is Cc1nc(CN(C)[C@@H]2CCCN(Cc3c(F)cccc3Cl)CC2)no1. The second-order valence-corrected chi connectivity index (χ2v) is 7.11. The molecule has 136 valence electrons. The van der Waals surface area contributed by atoms with Crippen molar-refractivity contribution in [2.24, 2.45) is 0 Å². The molecule has 2 aromatic rings. The van der Waals surface area contributed by atoms with Crippen molar-refractivity contribution in [1.82, 2.24) is 19.9 Å². The van der Waals surface area contributed by atoms with Crippen LogP contribution in [0.1, 0.15) is 36.5 Å². The van der Waals surface area contributed by atoms with E-state index in [2.05, 4.69) is 27.0 Å². The van der Waals surface area contributed by atoms with Crippen LogP contribution in [-0.2, 0) is 13.1 Å². The highest BCUT2D eigenvalue weighted by Crippen LogP contribution is 2.23. The van der Waals surface area contributed by atoms with Gasteiger partial charge in [0.2, 0.25) is 5.89 Å². The lowest BCUT2D eigenvalue weighted by atomic mass is 10.1. The zero-order chi connectivity index (χ0) is 17.8. The van der Waals surface area contributed by atoms with E-state index >= 15 is 0 Å². The number of halogens is 2. The van der Waals surface area contributed by atoms with Crippen LogP contribution < -0.4 is 0 Å². The Hall–Kier alpha value is -1.50. The van der Waals surface area contributed by atoms with Crippen molar-refractivity contribution in [3.05, 3.63) is 46.3 Å². The van der Waals surface area contributed by atoms with Crippen LogP contribution in [0.3, 0.4) is 0 Å². The van der Waals surface area contributed by atoms with E-state index < -0.39 is 0 Å². The smallest absolute Gasteiger partial charge is 0.223 e. The summed E-state index contributed by atoms with van der Waals surface area (Å²) in [7, 11) is 2.10. The van der Waals surface area contributed by atoms with Gasteiger partial charge in [-0.1, -0.05) is 22.8 Å². The van der Waals surface area contributed by atoms with Crippen LogP contribution in [0, 0.1) is 12.7 Å². The average Bonchev–Trinajstić information content (AvgIpc) is 2.83. The molecule has 5 nitrogen and oxygen atoms in total. The van der Waals surface area contributed by atoms with E-state index in [1.807, 2.05) is 0 Å². The fourth-order valence-corrected chi connectivity index (χ4v) is 3.62. The first-order valence-corrected chi connectivity index (χ1v) is 9.05. The van der Waals surface area contributed by atoms with E-state index in [1.165, 1.54) is 6.07 Å². The maximum Gasteiger partial charge on any atom is 0.223 e. The molecule has 7 heteroatoms. The Labute approximate surface area is 152 Å². The molecule has 1 aromatic carbocycles. The number of nitrogens with zero attached hydrogens (tertiary/aromatic N) is 4. The summed E-state index contributed by atoms with van der Waals surface area (Å²) in [5.41, 5.74) is 0.596. The van der Waals surface area contributed by atoms with E-state index in [9.17, 15) is 4.39 Å². The molecule has 2 heterocycles. The summed E-state index contributed by atoms with van der Waals surface area (Å²) >= 11 is 6.16. The molecular formula is C18H24ClFN4O. The lowest BCUT2D eigenvalue weighted by Gasteiger charge is -2.26. The molecule has 3 rings (SSSR count). The predicted octanol–water partition coefficient (Wildman–Crippen LogP) is 3.66. The first-order valence-electron chi connectivity index (χ1n) is 8.67. The molecule has 0 N–H and O–H groups in total. The second-order valence-electron chi connectivity index (χ2n) is 6.71. The van der Waals surface area contributed by atoms with Gasteiger partial charge in [-0.3, -0.25) is 9.80 Å². The van der Waals surface area contributed by atoms with E-state index in [0.717, 1.165) is 38.2 Å². The molecule has 1 aliphatic heterocycles. The van der Waals surface area contributed by atoms with Crippen molar-refractivity contribution in [3.63, 3.8) is 0 Å². The van der Waals surface area contributed by atoms with Gasteiger partial charge in [0.05, 0.1) is 6.54 Å². The molecule has 1 saturated heterocycles. The average molecular weight is 367 g/mol. The Morgan fingerprint density at radius 1 is 1.36 bits per heavy atom. The highest BCUT2D eigenvalue weighted by Gasteiger charge is 2.22. The fraction of sp³-hybridized carbons (Fsp3) is 0.556. The number of hydrogen-bond donors (Lipinski definition) is 0. The summed E-state index contributed by atoms with van der Waals surface area (Å²) in [4.78, 5) is 8.84. The fourth-order valence-electron chi connectivity index (χ4n) is 3.40. The maximum atomic E-state index is 14.0. The van der Waals surface area contributed by atoms with Gasteiger partial charge < -0.3 is 4.52 Å². The third-order valence-electron chi connectivity index (χ3n) is 4.82. The summed E-state index contributed by atoms with van der Waals surface area (Å²) < 4.78 is 19.1. The normalized spacial score (nSPS) is 19.3. The van der Waals surface area contributed by atoms with E-state index in [-0.39, 0.29) is 5.82 Å². The molecule has 0 amide bonds. The van der Waals surface area contributed by atoms with Crippen molar-refractivity contribution in [1.29, 1.82) is 0 Å². The van der Waals surface area contributed by atoms with Crippen molar-refractivity contribution in [2.75, 3.05) is 20.1 Å². The van der Waals surface area contributed by atoms with Crippen LogP contribution in [-0.4, -0.2) is 46.1 Å². The molecule has 0 aliphatic carbocycles. The minimum absolute atomic E-state index is 0.224. The molecule has 0 spiro atoms. The Bertz CT molecular complexity index is 688. The Morgan fingerprint density at radius 2 is 2.20 bits per heavy atom. The quantitative estimate of drug-likeness (QED) is 0.808. The number of benzene rings is 1. The number of likely N-dealkylation sites (tertiary alicyclic amines) is 1. The summed E-state index contributed by atoms with van der Waals surface area (Å²) in [6, 6.07) is 5.33. The van der Waals surface area contributed by atoms with E-state index in [4.69, 9.17) is 16.1 Å². The monoisotopic (exact) mass is 366 g/mol. The number of rotatable bonds is 5. The number of aryl methyl sites for hydroxylation is 1. The maximum absolute atomic E-state index is 14.0. The Balaban J connectivity index is 1.56. The Kier molecular flexibility index (Phi) is 6.04. The first kappa shape index (κ1) is 18.3. The summed E-state index contributed by atoms with van der Waals surface area (Å²) in [6.07, 6.45) is 3.21. The Morgan fingerprint density at radius 3 is 2.92 bits per heavy atom. The van der Waals surface area contributed by atoms with E-state index in [1.54, 1.807) is 19.1 Å². The molecule has 25 heavy (non-hydrogen) atoms.